The molecule has 4 heteroatoms. The van der Waals surface area contributed by atoms with Crippen LogP contribution in [0, 0.1) is 0 Å². The fourth-order valence-corrected chi connectivity index (χ4v) is 2.39. The van der Waals surface area contributed by atoms with Crippen molar-refractivity contribution < 1.29 is 9.53 Å². The van der Waals surface area contributed by atoms with Crippen LogP contribution in [0.15, 0.2) is 54.7 Å². The Balaban J connectivity index is 1.84. The molecule has 0 aliphatic rings. The lowest BCUT2D eigenvalue weighted by molar-refractivity contribution is 0.0602. The Morgan fingerprint density at radius 2 is 1.90 bits per heavy atom. The number of rotatable bonds is 4. The highest BCUT2D eigenvalue weighted by molar-refractivity contribution is 5.95. The number of H-pyrrole nitrogens is 1. The Hall–Kier alpha value is -2.75. The number of carbonyl (C=O) groups excluding carboxylic acids is 1. The number of benzene rings is 2. The molecule has 1 heterocycles. The van der Waals surface area contributed by atoms with Gasteiger partial charge >= 0.3 is 5.97 Å². The van der Waals surface area contributed by atoms with Crippen molar-refractivity contribution in [2.75, 3.05) is 12.4 Å². The second-order valence-corrected chi connectivity index (χ2v) is 4.75. The first-order valence-electron chi connectivity index (χ1n) is 6.76. The van der Waals surface area contributed by atoms with E-state index in [9.17, 15) is 4.79 Å². The molecular weight excluding hydrogens is 264 g/mol. The number of aromatic nitrogens is 1. The number of ether oxygens (including phenoxy) is 1. The maximum absolute atomic E-state index is 11.7. The van der Waals surface area contributed by atoms with Crippen molar-refractivity contribution >= 4 is 22.6 Å². The maximum Gasteiger partial charge on any atom is 0.339 e. The van der Waals surface area contributed by atoms with Gasteiger partial charge in [0, 0.05) is 29.3 Å². The lowest BCUT2D eigenvalue weighted by atomic mass is 10.1. The van der Waals surface area contributed by atoms with E-state index in [1.807, 2.05) is 42.6 Å². The predicted octanol–water partition coefficient (Wildman–Crippen LogP) is 3.57. The van der Waals surface area contributed by atoms with Crippen LogP contribution < -0.4 is 5.32 Å². The third-order valence-corrected chi connectivity index (χ3v) is 3.48. The molecule has 0 amide bonds. The zero-order chi connectivity index (χ0) is 14.7. The SMILES string of the molecule is COC(=O)c1ccccc1NCc1c[nH]c2ccccc12. The van der Waals surface area contributed by atoms with Gasteiger partial charge in [0.25, 0.3) is 0 Å². The molecule has 0 fully saturated rings. The van der Waals surface area contributed by atoms with Crippen LogP contribution >= 0.6 is 0 Å². The summed E-state index contributed by atoms with van der Waals surface area (Å²) in [6.45, 7) is 0.637. The van der Waals surface area contributed by atoms with Gasteiger partial charge in [0.2, 0.25) is 0 Å². The summed E-state index contributed by atoms with van der Waals surface area (Å²) in [6.07, 6.45) is 1.98. The molecule has 0 atom stereocenters. The van der Waals surface area contributed by atoms with E-state index in [4.69, 9.17) is 4.74 Å². The summed E-state index contributed by atoms with van der Waals surface area (Å²) in [4.78, 5) is 15.0. The normalized spacial score (nSPS) is 10.5. The quantitative estimate of drug-likeness (QED) is 0.718. The van der Waals surface area contributed by atoms with Crippen molar-refractivity contribution in [3.63, 3.8) is 0 Å². The highest BCUT2D eigenvalue weighted by Crippen LogP contribution is 2.21. The highest BCUT2D eigenvalue weighted by Gasteiger charge is 2.11. The minimum Gasteiger partial charge on any atom is -0.465 e. The minimum absolute atomic E-state index is 0.336. The van der Waals surface area contributed by atoms with Crippen LogP contribution in [0.5, 0.6) is 0 Å². The van der Waals surface area contributed by atoms with Crippen molar-refractivity contribution in [2.45, 2.75) is 6.54 Å². The third-order valence-electron chi connectivity index (χ3n) is 3.48. The molecule has 0 bridgehead atoms. The number of nitrogens with one attached hydrogen (secondary N) is 2. The molecule has 0 saturated heterocycles. The summed E-state index contributed by atoms with van der Waals surface area (Å²) in [5.74, 6) is -0.336. The Kier molecular flexibility index (Phi) is 3.60. The second-order valence-electron chi connectivity index (χ2n) is 4.75. The summed E-state index contributed by atoms with van der Waals surface area (Å²) in [5, 5.41) is 4.48. The lowest BCUT2D eigenvalue weighted by Crippen LogP contribution is -2.07. The van der Waals surface area contributed by atoms with Crippen molar-refractivity contribution in [1.82, 2.24) is 4.98 Å². The van der Waals surface area contributed by atoms with E-state index in [-0.39, 0.29) is 5.97 Å². The average Bonchev–Trinajstić information content (AvgIpc) is 2.96. The van der Waals surface area contributed by atoms with Gasteiger partial charge in [-0.25, -0.2) is 4.79 Å². The third kappa shape index (κ3) is 2.60. The monoisotopic (exact) mass is 280 g/mol. The fraction of sp³-hybridized carbons (Fsp3) is 0.118. The molecule has 3 rings (SSSR count). The highest BCUT2D eigenvalue weighted by atomic mass is 16.5. The molecule has 3 aromatic rings. The van der Waals surface area contributed by atoms with E-state index in [2.05, 4.69) is 16.4 Å². The number of fused-ring (bicyclic) bond motifs is 1. The number of anilines is 1. The molecule has 0 aliphatic heterocycles. The smallest absolute Gasteiger partial charge is 0.339 e. The Morgan fingerprint density at radius 3 is 2.76 bits per heavy atom. The topological polar surface area (TPSA) is 54.1 Å². The molecule has 0 saturated carbocycles. The zero-order valence-electron chi connectivity index (χ0n) is 11.7. The number of para-hydroxylation sites is 2. The average molecular weight is 280 g/mol. The van der Waals surface area contributed by atoms with E-state index in [1.54, 1.807) is 6.07 Å². The molecule has 1 aromatic heterocycles. The Bertz CT molecular complexity index is 777. The van der Waals surface area contributed by atoms with Crippen molar-refractivity contribution in [3.8, 4) is 0 Å². The van der Waals surface area contributed by atoms with E-state index < -0.39 is 0 Å². The number of esters is 1. The van der Waals surface area contributed by atoms with E-state index in [0.717, 1.165) is 16.8 Å². The molecule has 21 heavy (non-hydrogen) atoms. The first kappa shape index (κ1) is 13.2. The minimum atomic E-state index is -0.336. The van der Waals surface area contributed by atoms with Crippen molar-refractivity contribution in [2.24, 2.45) is 0 Å². The van der Waals surface area contributed by atoms with Gasteiger partial charge in [0.05, 0.1) is 12.7 Å². The summed E-state index contributed by atoms with van der Waals surface area (Å²) >= 11 is 0. The first-order valence-corrected chi connectivity index (χ1v) is 6.76. The van der Waals surface area contributed by atoms with Crippen LogP contribution in [-0.4, -0.2) is 18.1 Å². The molecule has 2 N–H and O–H groups in total. The van der Waals surface area contributed by atoms with Crippen molar-refractivity contribution in [1.29, 1.82) is 0 Å². The Labute approximate surface area is 122 Å². The molecule has 2 aromatic carbocycles. The molecule has 106 valence electrons. The van der Waals surface area contributed by atoms with Crippen LogP contribution in [0.2, 0.25) is 0 Å². The molecule has 0 spiro atoms. The van der Waals surface area contributed by atoms with Crippen molar-refractivity contribution in [3.05, 3.63) is 65.9 Å². The van der Waals surface area contributed by atoms with Gasteiger partial charge in [-0.3, -0.25) is 0 Å². The van der Waals surface area contributed by atoms with Gasteiger partial charge in [0.1, 0.15) is 0 Å². The summed E-state index contributed by atoms with van der Waals surface area (Å²) in [6, 6.07) is 15.5. The van der Waals surface area contributed by atoms with Crippen LogP contribution in [0.4, 0.5) is 5.69 Å². The van der Waals surface area contributed by atoms with Crippen LogP contribution in [0.1, 0.15) is 15.9 Å². The fourth-order valence-electron chi connectivity index (χ4n) is 2.39. The summed E-state index contributed by atoms with van der Waals surface area (Å²) < 4.78 is 4.80. The first-order chi connectivity index (χ1) is 10.3. The second kappa shape index (κ2) is 5.71. The largest absolute Gasteiger partial charge is 0.465 e. The van der Waals surface area contributed by atoms with E-state index >= 15 is 0 Å². The van der Waals surface area contributed by atoms with Gasteiger partial charge in [0.15, 0.2) is 0 Å². The van der Waals surface area contributed by atoms with Gasteiger partial charge < -0.3 is 15.0 Å². The van der Waals surface area contributed by atoms with E-state index in [1.165, 1.54) is 12.5 Å². The molecule has 0 unspecified atom stereocenters. The number of hydrogen-bond acceptors (Lipinski definition) is 3. The van der Waals surface area contributed by atoms with Crippen LogP contribution in [-0.2, 0) is 11.3 Å². The molecule has 0 aliphatic carbocycles. The molecule has 4 nitrogen and oxygen atoms in total. The van der Waals surface area contributed by atoms with Crippen LogP contribution in [0.3, 0.4) is 0 Å². The molecule has 0 radical (unpaired) electrons. The zero-order valence-corrected chi connectivity index (χ0v) is 11.7. The number of hydrogen-bond donors (Lipinski definition) is 2. The van der Waals surface area contributed by atoms with Gasteiger partial charge in [-0.1, -0.05) is 30.3 Å². The standard InChI is InChI=1S/C17H16N2O2/c1-21-17(20)14-7-3-5-9-16(14)19-11-12-10-18-15-8-4-2-6-13(12)15/h2-10,18-19H,11H2,1H3. The summed E-state index contributed by atoms with van der Waals surface area (Å²) in [7, 11) is 1.39. The summed E-state index contributed by atoms with van der Waals surface area (Å²) in [5.41, 5.74) is 3.58. The number of carbonyl (C=O) groups is 1. The van der Waals surface area contributed by atoms with Gasteiger partial charge in [-0.15, -0.1) is 0 Å². The van der Waals surface area contributed by atoms with Crippen LogP contribution in [0.25, 0.3) is 10.9 Å². The number of methoxy groups -OCH3 is 1. The van der Waals surface area contributed by atoms with Gasteiger partial charge in [-0.2, -0.15) is 0 Å². The number of aromatic amines is 1. The van der Waals surface area contributed by atoms with Gasteiger partial charge in [-0.05, 0) is 23.8 Å². The van der Waals surface area contributed by atoms with E-state index in [0.29, 0.717) is 12.1 Å². The maximum atomic E-state index is 11.7. The molecular formula is C17H16N2O2. The predicted molar refractivity (Wildman–Crippen MR) is 83.4 cm³/mol. The lowest BCUT2D eigenvalue weighted by Gasteiger charge is -2.10. The Morgan fingerprint density at radius 1 is 1.14 bits per heavy atom.